The van der Waals surface area contributed by atoms with Gasteiger partial charge in [0.2, 0.25) is 0 Å². The molecular formula is C25H37ClO4. The molecule has 1 aliphatic rings. The molecule has 1 aliphatic carbocycles. The van der Waals surface area contributed by atoms with Crippen molar-refractivity contribution in [3.8, 4) is 5.75 Å². The summed E-state index contributed by atoms with van der Waals surface area (Å²) in [5.41, 5.74) is 0. The second-order valence-electron chi connectivity index (χ2n) is 8.34. The Hall–Kier alpha value is -1.55. The molecule has 0 aromatic heterocycles. The lowest BCUT2D eigenvalue weighted by molar-refractivity contribution is -0.158. The molecule has 0 aliphatic heterocycles. The van der Waals surface area contributed by atoms with Crippen molar-refractivity contribution in [3.05, 3.63) is 29.3 Å². The van der Waals surface area contributed by atoms with Gasteiger partial charge in [-0.2, -0.15) is 0 Å². The first-order chi connectivity index (χ1) is 14.6. The molecule has 0 radical (unpaired) electrons. The lowest BCUT2D eigenvalue weighted by Crippen LogP contribution is -2.36. The maximum absolute atomic E-state index is 12.7. The molecule has 4 nitrogen and oxygen atoms in total. The van der Waals surface area contributed by atoms with Gasteiger partial charge in [-0.25, -0.2) is 0 Å². The van der Waals surface area contributed by atoms with Crippen LogP contribution in [-0.2, 0) is 14.3 Å². The fourth-order valence-corrected chi connectivity index (χ4v) is 4.27. The number of para-hydroxylation sites is 1. The van der Waals surface area contributed by atoms with Crippen LogP contribution in [0.3, 0.4) is 0 Å². The highest BCUT2D eigenvalue weighted by molar-refractivity contribution is 6.32. The van der Waals surface area contributed by atoms with Crippen LogP contribution in [0.5, 0.6) is 5.75 Å². The molecule has 0 saturated heterocycles. The quantitative estimate of drug-likeness (QED) is 0.187. The molecule has 1 aromatic rings. The van der Waals surface area contributed by atoms with Crippen molar-refractivity contribution in [1.29, 1.82) is 0 Å². The van der Waals surface area contributed by atoms with Gasteiger partial charge in [-0.1, -0.05) is 94.9 Å². The number of carbonyl (C=O) groups excluding carboxylic acids is 2. The maximum Gasteiger partial charge on any atom is 0.315 e. The van der Waals surface area contributed by atoms with E-state index in [1.807, 2.05) is 0 Å². The lowest BCUT2D eigenvalue weighted by atomic mass is 9.79. The minimum Gasteiger partial charge on any atom is -0.465 e. The van der Waals surface area contributed by atoms with Crippen molar-refractivity contribution >= 4 is 23.5 Å². The summed E-state index contributed by atoms with van der Waals surface area (Å²) in [6.45, 7) is 2.68. The van der Waals surface area contributed by atoms with E-state index in [1.165, 1.54) is 44.9 Å². The Kier molecular flexibility index (Phi) is 11.9. The van der Waals surface area contributed by atoms with E-state index in [2.05, 4.69) is 6.92 Å². The van der Waals surface area contributed by atoms with Crippen molar-refractivity contribution in [2.75, 3.05) is 6.61 Å². The molecule has 0 bridgehead atoms. The molecular weight excluding hydrogens is 400 g/mol. The third kappa shape index (κ3) is 8.67. The van der Waals surface area contributed by atoms with Gasteiger partial charge in [-0.15, -0.1) is 0 Å². The minimum atomic E-state index is -0.453. The highest BCUT2D eigenvalue weighted by Crippen LogP contribution is 2.33. The zero-order valence-corrected chi connectivity index (χ0v) is 19.1. The Morgan fingerprint density at radius 3 is 2.07 bits per heavy atom. The summed E-state index contributed by atoms with van der Waals surface area (Å²) in [7, 11) is 0. The van der Waals surface area contributed by atoms with E-state index < -0.39 is 11.8 Å². The third-order valence-corrected chi connectivity index (χ3v) is 6.22. The van der Waals surface area contributed by atoms with E-state index in [4.69, 9.17) is 21.1 Å². The van der Waals surface area contributed by atoms with Crippen molar-refractivity contribution < 1.29 is 19.1 Å². The Bertz CT molecular complexity index is 646. The molecule has 1 aromatic carbocycles. The molecule has 0 heterocycles. The zero-order chi connectivity index (χ0) is 21.6. The van der Waals surface area contributed by atoms with E-state index in [0.717, 1.165) is 25.7 Å². The Balaban J connectivity index is 1.69. The standard InChI is InChI=1S/C25H37ClO4/c1-2-3-4-5-6-7-8-9-14-19-29-24(27)20-15-10-11-16-21(20)25(28)30-23-18-13-12-17-22(23)26/h12-13,17-18,20-21H,2-11,14-16,19H2,1H3. The Labute approximate surface area is 186 Å². The van der Waals surface area contributed by atoms with Gasteiger partial charge in [0.15, 0.2) is 0 Å². The average molecular weight is 437 g/mol. The molecule has 5 heteroatoms. The second-order valence-corrected chi connectivity index (χ2v) is 8.75. The third-order valence-electron chi connectivity index (χ3n) is 5.91. The van der Waals surface area contributed by atoms with E-state index in [9.17, 15) is 9.59 Å². The minimum absolute atomic E-state index is 0.254. The summed E-state index contributed by atoms with van der Waals surface area (Å²) in [5, 5.41) is 0.395. The lowest BCUT2D eigenvalue weighted by Gasteiger charge is -2.28. The number of benzene rings is 1. The predicted molar refractivity (Wildman–Crippen MR) is 121 cm³/mol. The Morgan fingerprint density at radius 1 is 0.867 bits per heavy atom. The molecule has 2 rings (SSSR count). The van der Waals surface area contributed by atoms with E-state index in [0.29, 0.717) is 30.2 Å². The van der Waals surface area contributed by atoms with E-state index in [-0.39, 0.29) is 11.9 Å². The van der Waals surface area contributed by atoms with Gasteiger partial charge in [-0.05, 0) is 31.4 Å². The highest BCUT2D eigenvalue weighted by atomic mass is 35.5. The van der Waals surface area contributed by atoms with Gasteiger partial charge < -0.3 is 9.47 Å². The summed E-state index contributed by atoms with van der Waals surface area (Å²) in [6, 6.07) is 6.90. The van der Waals surface area contributed by atoms with Gasteiger partial charge in [0.05, 0.1) is 23.5 Å². The normalized spacial score (nSPS) is 18.7. The predicted octanol–water partition coefficient (Wildman–Crippen LogP) is 7.13. The number of carbonyl (C=O) groups is 2. The van der Waals surface area contributed by atoms with Gasteiger partial charge >= 0.3 is 11.9 Å². The summed E-state index contributed by atoms with van der Waals surface area (Å²) >= 11 is 6.09. The summed E-state index contributed by atoms with van der Waals surface area (Å²) in [5.74, 6) is -1.15. The van der Waals surface area contributed by atoms with Gasteiger partial charge in [0, 0.05) is 0 Å². The fourth-order valence-electron chi connectivity index (χ4n) is 4.10. The highest BCUT2D eigenvalue weighted by Gasteiger charge is 2.38. The van der Waals surface area contributed by atoms with Gasteiger partial charge in [-0.3, -0.25) is 9.59 Å². The van der Waals surface area contributed by atoms with Crippen LogP contribution in [0.15, 0.2) is 24.3 Å². The molecule has 30 heavy (non-hydrogen) atoms. The van der Waals surface area contributed by atoms with E-state index in [1.54, 1.807) is 24.3 Å². The first kappa shape index (κ1) is 24.7. The number of rotatable bonds is 13. The van der Waals surface area contributed by atoms with Crippen LogP contribution in [0.1, 0.15) is 90.4 Å². The van der Waals surface area contributed by atoms with Crippen LogP contribution in [0, 0.1) is 11.8 Å². The van der Waals surface area contributed by atoms with Crippen LogP contribution < -0.4 is 4.74 Å². The number of ether oxygens (including phenoxy) is 2. The van der Waals surface area contributed by atoms with Crippen LogP contribution in [-0.4, -0.2) is 18.5 Å². The SMILES string of the molecule is CCCCCCCCCCCOC(=O)C1CCCCC1C(=O)Oc1ccccc1Cl. The van der Waals surface area contributed by atoms with Crippen molar-refractivity contribution in [3.63, 3.8) is 0 Å². The topological polar surface area (TPSA) is 52.6 Å². The van der Waals surface area contributed by atoms with Crippen LogP contribution in [0.25, 0.3) is 0 Å². The van der Waals surface area contributed by atoms with Crippen molar-refractivity contribution in [1.82, 2.24) is 0 Å². The van der Waals surface area contributed by atoms with Crippen molar-refractivity contribution in [2.45, 2.75) is 90.4 Å². The smallest absolute Gasteiger partial charge is 0.315 e. The maximum atomic E-state index is 12.7. The number of halogens is 1. The molecule has 2 unspecified atom stereocenters. The summed E-state index contributed by atoms with van der Waals surface area (Å²) in [4.78, 5) is 25.3. The first-order valence-electron chi connectivity index (χ1n) is 11.8. The van der Waals surface area contributed by atoms with Crippen molar-refractivity contribution in [2.24, 2.45) is 11.8 Å². The Morgan fingerprint density at radius 2 is 1.43 bits per heavy atom. The van der Waals surface area contributed by atoms with E-state index >= 15 is 0 Å². The molecule has 0 amide bonds. The molecule has 1 fully saturated rings. The molecule has 1 saturated carbocycles. The monoisotopic (exact) mass is 436 g/mol. The first-order valence-corrected chi connectivity index (χ1v) is 12.1. The van der Waals surface area contributed by atoms with Gasteiger partial charge in [0.25, 0.3) is 0 Å². The molecule has 0 spiro atoms. The number of hydrogen-bond donors (Lipinski definition) is 0. The average Bonchev–Trinajstić information content (AvgIpc) is 2.76. The summed E-state index contributed by atoms with van der Waals surface area (Å²) < 4.78 is 11.0. The number of unbranched alkanes of at least 4 members (excludes halogenated alkanes) is 8. The molecule has 2 atom stereocenters. The van der Waals surface area contributed by atoms with Crippen LogP contribution in [0.4, 0.5) is 0 Å². The van der Waals surface area contributed by atoms with Crippen LogP contribution >= 0.6 is 11.6 Å². The van der Waals surface area contributed by atoms with Crippen LogP contribution in [0.2, 0.25) is 5.02 Å². The number of hydrogen-bond acceptors (Lipinski definition) is 4. The summed E-state index contributed by atoms with van der Waals surface area (Å²) in [6.07, 6.45) is 14.2. The largest absolute Gasteiger partial charge is 0.465 e. The molecule has 0 N–H and O–H groups in total. The molecule has 168 valence electrons. The van der Waals surface area contributed by atoms with Gasteiger partial charge in [0.1, 0.15) is 5.75 Å². The number of esters is 2. The fraction of sp³-hybridized carbons (Fsp3) is 0.680. The second kappa shape index (κ2) is 14.5. The zero-order valence-electron chi connectivity index (χ0n) is 18.4.